The minimum Gasteiger partial charge on any atom is -0.331 e. The van der Waals surface area contributed by atoms with E-state index in [1.54, 1.807) is 0 Å². The third-order valence-electron chi connectivity index (χ3n) is 5.38. The molecule has 0 radical (unpaired) electrons. The van der Waals surface area contributed by atoms with Crippen molar-refractivity contribution < 1.29 is 14.4 Å². The van der Waals surface area contributed by atoms with Crippen LogP contribution in [-0.2, 0) is 14.4 Å². The fraction of sp³-hybridized carbons (Fsp3) is 0.500. The van der Waals surface area contributed by atoms with Gasteiger partial charge in [0.05, 0.1) is 11.8 Å². The van der Waals surface area contributed by atoms with Gasteiger partial charge in [0.25, 0.3) is 5.91 Å². The predicted molar refractivity (Wildman–Crippen MR) is 110 cm³/mol. The maximum atomic E-state index is 12.4. The monoisotopic (exact) mass is 402 g/mol. The normalized spacial score (nSPS) is 21.5. The van der Waals surface area contributed by atoms with E-state index in [1.807, 2.05) is 24.3 Å². The molecule has 0 spiro atoms. The van der Waals surface area contributed by atoms with Crippen LogP contribution in [0.2, 0.25) is 0 Å². The number of hydrogen-bond acceptors (Lipinski definition) is 4. The van der Waals surface area contributed by atoms with Crippen molar-refractivity contribution in [3.05, 3.63) is 29.8 Å². The number of fused-ring (bicyclic) bond motifs is 1. The zero-order chi connectivity index (χ0) is 20.3. The van der Waals surface area contributed by atoms with Gasteiger partial charge in [0.15, 0.2) is 5.11 Å². The summed E-state index contributed by atoms with van der Waals surface area (Å²) >= 11 is 5.17. The van der Waals surface area contributed by atoms with E-state index < -0.39 is 5.91 Å². The molecule has 2 aliphatic rings. The Morgan fingerprint density at radius 1 is 1.07 bits per heavy atom. The lowest BCUT2D eigenvalue weighted by Crippen LogP contribution is -2.49. The van der Waals surface area contributed by atoms with E-state index in [0.717, 1.165) is 36.3 Å². The fourth-order valence-corrected chi connectivity index (χ4v) is 3.98. The molecular formula is C20H26N4O3S. The molecule has 1 saturated carbocycles. The smallest absolute Gasteiger partial charge is 0.258 e. The number of carbonyl (C=O) groups excluding carboxylic acids is 3. The molecule has 1 aliphatic carbocycles. The molecule has 8 heteroatoms. The van der Waals surface area contributed by atoms with Crippen LogP contribution in [-0.4, -0.2) is 34.3 Å². The van der Waals surface area contributed by atoms with Crippen LogP contribution in [0.5, 0.6) is 0 Å². The van der Waals surface area contributed by atoms with Crippen molar-refractivity contribution in [2.45, 2.75) is 45.4 Å². The quantitative estimate of drug-likeness (QED) is 0.407. The zero-order valence-corrected chi connectivity index (χ0v) is 17.0. The van der Waals surface area contributed by atoms with Crippen molar-refractivity contribution in [1.82, 2.24) is 15.8 Å². The molecule has 1 aromatic carbocycles. The number of hydrazine groups is 1. The van der Waals surface area contributed by atoms with Crippen molar-refractivity contribution in [3.63, 3.8) is 0 Å². The maximum Gasteiger partial charge on any atom is 0.258 e. The van der Waals surface area contributed by atoms with Crippen LogP contribution in [0.4, 0.5) is 5.69 Å². The number of benzene rings is 1. The Bertz CT molecular complexity index is 754. The van der Waals surface area contributed by atoms with E-state index in [0.29, 0.717) is 5.92 Å². The highest BCUT2D eigenvalue weighted by Gasteiger charge is 2.48. The van der Waals surface area contributed by atoms with Gasteiger partial charge in [-0.15, -0.1) is 0 Å². The molecule has 28 heavy (non-hydrogen) atoms. The first kappa shape index (κ1) is 20.3. The molecule has 7 nitrogen and oxygen atoms in total. The van der Waals surface area contributed by atoms with Gasteiger partial charge in [0.2, 0.25) is 11.8 Å². The Hall–Kier alpha value is -2.48. The van der Waals surface area contributed by atoms with Crippen LogP contribution in [0.3, 0.4) is 0 Å². The Kier molecular flexibility index (Phi) is 6.28. The van der Waals surface area contributed by atoms with Gasteiger partial charge in [-0.25, -0.2) is 0 Å². The van der Waals surface area contributed by atoms with Crippen molar-refractivity contribution in [2.75, 3.05) is 11.9 Å². The van der Waals surface area contributed by atoms with Crippen LogP contribution < -0.4 is 16.2 Å². The molecule has 1 heterocycles. The van der Waals surface area contributed by atoms with E-state index in [9.17, 15) is 14.4 Å². The summed E-state index contributed by atoms with van der Waals surface area (Å²) in [6.45, 7) is 3.95. The Morgan fingerprint density at radius 3 is 2.18 bits per heavy atom. The highest BCUT2D eigenvalue weighted by atomic mass is 32.1. The summed E-state index contributed by atoms with van der Waals surface area (Å²) in [6.07, 6.45) is 3.38. The van der Waals surface area contributed by atoms with Crippen LogP contribution in [0.1, 0.15) is 51.0 Å². The van der Waals surface area contributed by atoms with Gasteiger partial charge in [-0.2, -0.15) is 0 Å². The van der Waals surface area contributed by atoms with Crippen molar-refractivity contribution in [1.29, 1.82) is 0 Å². The minimum atomic E-state index is -0.486. The summed E-state index contributed by atoms with van der Waals surface area (Å²) in [7, 11) is 0. The number of rotatable bonds is 4. The number of nitrogens with one attached hydrogen (secondary N) is 3. The van der Waals surface area contributed by atoms with Crippen LogP contribution in [0.15, 0.2) is 24.3 Å². The summed E-state index contributed by atoms with van der Waals surface area (Å²) in [4.78, 5) is 38.1. The molecule has 150 valence electrons. The summed E-state index contributed by atoms with van der Waals surface area (Å²) in [5, 5.41) is 3.19. The van der Waals surface area contributed by atoms with Gasteiger partial charge in [0, 0.05) is 5.69 Å². The molecule has 3 amide bonds. The van der Waals surface area contributed by atoms with Gasteiger partial charge < -0.3 is 5.32 Å². The molecule has 2 unspecified atom stereocenters. The molecular weight excluding hydrogens is 376 g/mol. The third-order valence-corrected chi connectivity index (χ3v) is 5.59. The summed E-state index contributed by atoms with van der Waals surface area (Å²) < 4.78 is 0. The Labute approximate surface area is 170 Å². The number of nitrogens with zero attached hydrogens (tertiary/aromatic N) is 1. The van der Waals surface area contributed by atoms with E-state index in [2.05, 4.69) is 30.0 Å². The lowest BCUT2D eigenvalue weighted by molar-refractivity contribution is -0.143. The first-order valence-corrected chi connectivity index (χ1v) is 10.1. The SMILES string of the molecule is CC(C)c1ccc(NC(=S)NNC(=O)CN2C(=O)C3CCCCC3C2=O)cc1. The number of carbonyl (C=O) groups is 3. The molecule has 0 aromatic heterocycles. The van der Waals surface area contributed by atoms with Crippen molar-refractivity contribution in [3.8, 4) is 0 Å². The van der Waals surface area contributed by atoms with Crippen LogP contribution >= 0.6 is 12.2 Å². The second-order valence-electron chi connectivity index (χ2n) is 7.66. The van der Waals surface area contributed by atoms with Gasteiger partial charge in [-0.1, -0.05) is 38.8 Å². The number of thiocarbonyl (C=S) groups is 1. The highest BCUT2D eigenvalue weighted by Crippen LogP contribution is 2.37. The standard InChI is InChI=1S/C20H26N4O3S/c1-12(2)13-7-9-14(10-8-13)21-20(28)23-22-17(25)11-24-18(26)15-5-3-4-6-16(15)19(24)27/h7-10,12,15-16H,3-6,11H2,1-2H3,(H,22,25)(H2,21,23,28). The summed E-state index contributed by atoms with van der Waals surface area (Å²) in [6, 6.07) is 7.85. The fourth-order valence-electron chi connectivity index (χ4n) is 3.81. The lowest BCUT2D eigenvalue weighted by Gasteiger charge is -2.19. The molecule has 3 rings (SSSR count). The number of hydrogen-bond donors (Lipinski definition) is 3. The molecule has 2 atom stereocenters. The molecule has 1 aliphatic heterocycles. The number of likely N-dealkylation sites (tertiary alicyclic amines) is 1. The van der Waals surface area contributed by atoms with E-state index in [-0.39, 0.29) is 35.3 Å². The lowest BCUT2D eigenvalue weighted by atomic mass is 9.81. The minimum absolute atomic E-state index is 0.221. The van der Waals surface area contributed by atoms with Crippen LogP contribution in [0, 0.1) is 11.8 Å². The first-order valence-electron chi connectivity index (χ1n) is 9.68. The number of anilines is 1. The number of amides is 3. The average molecular weight is 403 g/mol. The van der Waals surface area contributed by atoms with E-state index >= 15 is 0 Å². The maximum absolute atomic E-state index is 12.4. The molecule has 1 aromatic rings. The van der Waals surface area contributed by atoms with Gasteiger partial charge in [-0.3, -0.25) is 30.1 Å². The van der Waals surface area contributed by atoms with Crippen molar-refractivity contribution >= 4 is 40.7 Å². The van der Waals surface area contributed by atoms with Gasteiger partial charge >= 0.3 is 0 Å². The second-order valence-corrected chi connectivity index (χ2v) is 8.07. The average Bonchev–Trinajstić information content (AvgIpc) is 2.92. The second kappa shape index (κ2) is 8.68. The third kappa shape index (κ3) is 4.49. The topological polar surface area (TPSA) is 90.5 Å². The Morgan fingerprint density at radius 2 is 1.64 bits per heavy atom. The Balaban J connectivity index is 1.47. The summed E-state index contributed by atoms with van der Waals surface area (Å²) in [5.41, 5.74) is 7.07. The van der Waals surface area contributed by atoms with Gasteiger partial charge in [-0.05, 0) is 48.7 Å². The molecule has 0 bridgehead atoms. The largest absolute Gasteiger partial charge is 0.331 e. The van der Waals surface area contributed by atoms with Crippen molar-refractivity contribution in [2.24, 2.45) is 11.8 Å². The van der Waals surface area contributed by atoms with E-state index in [4.69, 9.17) is 12.2 Å². The first-order chi connectivity index (χ1) is 13.4. The summed E-state index contributed by atoms with van der Waals surface area (Å²) in [5.74, 6) is -0.999. The molecule has 3 N–H and O–H groups in total. The predicted octanol–water partition coefficient (Wildman–Crippen LogP) is 2.30. The van der Waals surface area contributed by atoms with Crippen LogP contribution in [0.25, 0.3) is 0 Å². The molecule has 1 saturated heterocycles. The van der Waals surface area contributed by atoms with E-state index in [1.165, 1.54) is 5.56 Å². The highest BCUT2D eigenvalue weighted by molar-refractivity contribution is 7.80. The number of imide groups is 1. The molecule has 2 fully saturated rings. The van der Waals surface area contributed by atoms with Gasteiger partial charge in [0.1, 0.15) is 6.54 Å². The zero-order valence-electron chi connectivity index (χ0n) is 16.2.